The van der Waals surface area contributed by atoms with Gasteiger partial charge in [-0.05, 0) is 24.8 Å². The fourth-order valence-electron chi connectivity index (χ4n) is 3.12. The van der Waals surface area contributed by atoms with Crippen LogP contribution >= 0.6 is 23.2 Å². The first-order chi connectivity index (χ1) is 9.85. The van der Waals surface area contributed by atoms with Gasteiger partial charge in [-0.3, -0.25) is 4.79 Å². The molecular weight excluding hydrogens is 315 g/mol. The lowest BCUT2D eigenvalue weighted by Crippen LogP contribution is -2.24. The van der Waals surface area contributed by atoms with Gasteiger partial charge in [-0.1, -0.05) is 30.1 Å². The number of carbonyl (C=O) groups is 1. The SMILES string of the molecule is COc1cc(Cl)c(C(O)C2CC(C)CC2C(=O)O)cc1Cl. The molecule has 4 atom stereocenters. The third kappa shape index (κ3) is 3.28. The Morgan fingerprint density at radius 1 is 1.33 bits per heavy atom. The number of hydrogen-bond acceptors (Lipinski definition) is 3. The van der Waals surface area contributed by atoms with Gasteiger partial charge in [0.2, 0.25) is 0 Å². The van der Waals surface area contributed by atoms with Gasteiger partial charge in [-0.15, -0.1) is 0 Å². The second-order valence-electron chi connectivity index (χ2n) is 5.64. The van der Waals surface area contributed by atoms with E-state index in [1.807, 2.05) is 6.92 Å². The molecule has 21 heavy (non-hydrogen) atoms. The van der Waals surface area contributed by atoms with Gasteiger partial charge in [0.25, 0.3) is 0 Å². The summed E-state index contributed by atoms with van der Waals surface area (Å²) in [5.74, 6) is -1.11. The molecule has 2 rings (SSSR count). The van der Waals surface area contributed by atoms with Crippen LogP contribution in [-0.4, -0.2) is 23.3 Å². The number of ether oxygens (including phenoxy) is 1. The third-order valence-electron chi connectivity index (χ3n) is 4.16. The lowest BCUT2D eigenvalue weighted by atomic mass is 9.87. The Morgan fingerprint density at radius 3 is 2.57 bits per heavy atom. The first-order valence-electron chi connectivity index (χ1n) is 6.79. The molecule has 1 aliphatic rings. The number of hydrogen-bond donors (Lipinski definition) is 2. The first-order valence-corrected chi connectivity index (χ1v) is 7.54. The van der Waals surface area contributed by atoms with Crippen molar-refractivity contribution in [3.63, 3.8) is 0 Å². The molecular formula is C15H18Cl2O4. The molecule has 1 aromatic rings. The van der Waals surface area contributed by atoms with E-state index < -0.39 is 18.0 Å². The molecule has 4 nitrogen and oxygen atoms in total. The van der Waals surface area contributed by atoms with Gasteiger partial charge >= 0.3 is 5.97 Å². The van der Waals surface area contributed by atoms with Crippen LogP contribution in [0.15, 0.2) is 12.1 Å². The average molecular weight is 333 g/mol. The van der Waals surface area contributed by atoms with Gasteiger partial charge in [-0.2, -0.15) is 0 Å². The van der Waals surface area contributed by atoms with Crippen molar-refractivity contribution in [1.29, 1.82) is 0 Å². The zero-order valence-electron chi connectivity index (χ0n) is 11.8. The standard InChI is InChI=1S/C15H18Cl2O4/c1-7-3-8(9(4-7)15(19)20)14(18)10-5-12(17)13(21-2)6-11(10)16/h5-9,14,18H,3-4H2,1-2H3,(H,19,20). The van der Waals surface area contributed by atoms with Crippen molar-refractivity contribution in [3.8, 4) is 5.75 Å². The minimum atomic E-state index is -0.952. The van der Waals surface area contributed by atoms with Crippen LogP contribution in [0.4, 0.5) is 0 Å². The Kier molecular flexibility index (Phi) is 5.02. The Bertz CT molecular complexity index is 547. The molecule has 0 saturated heterocycles. The quantitative estimate of drug-likeness (QED) is 0.880. The second kappa shape index (κ2) is 6.42. The average Bonchev–Trinajstić information content (AvgIpc) is 2.82. The van der Waals surface area contributed by atoms with E-state index >= 15 is 0 Å². The lowest BCUT2D eigenvalue weighted by molar-refractivity contribution is -0.144. The molecule has 1 fully saturated rings. The largest absolute Gasteiger partial charge is 0.495 e. The van der Waals surface area contributed by atoms with Crippen molar-refractivity contribution in [1.82, 2.24) is 0 Å². The topological polar surface area (TPSA) is 66.8 Å². The van der Waals surface area contributed by atoms with Gasteiger partial charge in [0.15, 0.2) is 0 Å². The van der Waals surface area contributed by atoms with Crippen molar-refractivity contribution in [2.24, 2.45) is 17.8 Å². The summed E-state index contributed by atoms with van der Waals surface area (Å²) >= 11 is 12.2. The number of carboxylic acids is 1. The molecule has 0 aliphatic heterocycles. The van der Waals surface area contributed by atoms with Gasteiger partial charge in [0, 0.05) is 17.5 Å². The maximum Gasteiger partial charge on any atom is 0.306 e. The molecule has 2 N–H and O–H groups in total. The second-order valence-corrected chi connectivity index (χ2v) is 6.45. The highest BCUT2D eigenvalue weighted by molar-refractivity contribution is 6.34. The van der Waals surface area contributed by atoms with Crippen LogP contribution in [0.2, 0.25) is 10.0 Å². The highest BCUT2D eigenvalue weighted by atomic mass is 35.5. The normalized spacial score (nSPS) is 26.6. The fourth-order valence-corrected chi connectivity index (χ4v) is 3.64. The van der Waals surface area contributed by atoms with Crippen molar-refractivity contribution in [2.75, 3.05) is 7.11 Å². The van der Waals surface area contributed by atoms with Crippen LogP contribution in [0.3, 0.4) is 0 Å². The summed E-state index contributed by atoms with van der Waals surface area (Å²) in [5.41, 5.74) is 0.452. The Balaban J connectivity index is 2.33. The molecule has 1 aliphatic carbocycles. The van der Waals surface area contributed by atoms with E-state index in [0.29, 0.717) is 34.2 Å². The number of aliphatic hydroxyl groups excluding tert-OH is 1. The van der Waals surface area contributed by atoms with Crippen LogP contribution in [0.25, 0.3) is 0 Å². The van der Waals surface area contributed by atoms with Gasteiger partial charge in [-0.25, -0.2) is 0 Å². The highest BCUT2D eigenvalue weighted by Gasteiger charge is 2.41. The minimum absolute atomic E-state index is 0.262. The van der Waals surface area contributed by atoms with Crippen molar-refractivity contribution >= 4 is 29.2 Å². The molecule has 0 aromatic heterocycles. The number of methoxy groups -OCH3 is 1. The maximum atomic E-state index is 11.4. The van der Waals surface area contributed by atoms with Crippen molar-refractivity contribution < 1.29 is 19.7 Å². The summed E-state index contributed by atoms with van der Waals surface area (Å²) in [5, 5.41) is 20.6. The maximum absolute atomic E-state index is 11.4. The summed E-state index contributed by atoms with van der Waals surface area (Å²) in [6.07, 6.45) is 0.267. The number of aliphatic hydroxyl groups is 1. The van der Waals surface area contributed by atoms with Crippen LogP contribution in [0.5, 0.6) is 5.75 Å². The molecule has 0 spiro atoms. The number of carboxylic acid groups (broad SMARTS) is 1. The zero-order valence-corrected chi connectivity index (χ0v) is 13.4. The monoisotopic (exact) mass is 332 g/mol. The van der Waals surface area contributed by atoms with Crippen molar-refractivity contribution in [3.05, 3.63) is 27.7 Å². The summed E-state index contributed by atoms with van der Waals surface area (Å²) in [6.45, 7) is 1.99. The van der Waals surface area contributed by atoms with Gasteiger partial charge < -0.3 is 14.9 Å². The summed E-state index contributed by atoms with van der Waals surface area (Å²) < 4.78 is 5.07. The van der Waals surface area contributed by atoms with Crippen LogP contribution in [0.1, 0.15) is 31.4 Å². The van der Waals surface area contributed by atoms with Crippen LogP contribution in [0, 0.1) is 17.8 Å². The van der Waals surface area contributed by atoms with Gasteiger partial charge in [0.05, 0.1) is 29.2 Å². The lowest BCUT2D eigenvalue weighted by Gasteiger charge is -2.24. The third-order valence-corrected chi connectivity index (χ3v) is 4.78. The number of halogens is 2. The smallest absolute Gasteiger partial charge is 0.306 e. The van der Waals surface area contributed by atoms with Crippen LogP contribution < -0.4 is 4.74 Å². The van der Waals surface area contributed by atoms with E-state index in [4.69, 9.17) is 27.9 Å². The highest BCUT2D eigenvalue weighted by Crippen LogP contribution is 2.46. The Morgan fingerprint density at radius 2 is 2.00 bits per heavy atom. The molecule has 0 radical (unpaired) electrons. The number of rotatable bonds is 4. The van der Waals surface area contributed by atoms with E-state index in [0.717, 1.165) is 0 Å². The molecule has 4 unspecified atom stereocenters. The van der Waals surface area contributed by atoms with Crippen molar-refractivity contribution in [2.45, 2.75) is 25.9 Å². The summed E-state index contributed by atoms with van der Waals surface area (Å²) in [6, 6.07) is 3.09. The molecule has 116 valence electrons. The predicted molar refractivity (Wildman–Crippen MR) is 81.0 cm³/mol. The summed E-state index contributed by atoms with van der Waals surface area (Å²) in [4.78, 5) is 11.4. The van der Waals surface area contributed by atoms with E-state index in [2.05, 4.69) is 0 Å². The molecule has 6 heteroatoms. The fraction of sp³-hybridized carbons (Fsp3) is 0.533. The summed E-state index contributed by atoms with van der Waals surface area (Å²) in [7, 11) is 1.48. The minimum Gasteiger partial charge on any atom is -0.495 e. The zero-order chi connectivity index (χ0) is 15.7. The Labute approximate surface area is 133 Å². The van der Waals surface area contributed by atoms with Gasteiger partial charge in [0.1, 0.15) is 5.75 Å². The molecule has 0 amide bonds. The van der Waals surface area contributed by atoms with Crippen LogP contribution in [-0.2, 0) is 4.79 Å². The van der Waals surface area contributed by atoms with E-state index in [9.17, 15) is 15.0 Å². The molecule has 1 saturated carbocycles. The number of benzene rings is 1. The van der Waals surface area contributed by atoms with E-state index in [-0.39, 0.29) is 11.8 Å². The number of aliphatic carboxylic acids is 1. The molecule has 0 heterocycles. The van der Waals surface area contributed by atoms with E-state index in [1.54, 1.807) is 6.07 Å². The molecule has 0 bridgehead atoms. The first kappa shape index (κ1) is 16.4. The predicted octanol–water partition coefficient (Wildman–Crippen LogP) is 3.78. The van der Waals surface area contributed by atoms with E-state index in [1.165, 1.54) is 13.2 Å². The Hall–Kier alpha value is -0.970. The molecule has 1 aromatic carbocycles.